The molecule has 5 heteroatoms. The summed E-state index contributed by atoms with van der Waals surface area (Å²) in [5.74, 6) is -0.161. The van der Waals surface area contributed by atoms with E-state index in [4.69, 9.17) is 5.26 Å². The fourth-order valence-electron chi connectivity index (χ4n) is 1.93. The maximum absolute atomic E-state index is 13.5. The Kier molecular flexibility index (Phi) is 5.20. The van der Waals surface area contributed by atoms with Gasteiger partial charge in [-0.2, -0.15) is 5.26 Å². The van der Waals surface area contributed by atoms with Crippen LogP contribution in [0.2, 0.25) is 0 Å². The second-order valence-corrected chi connectivity index (χ2v) is 5.63. The number of aromatic nitrogens is 1. The third kappa shape index (κ3) is 3.75. The first kappa shape index (κ1) is 15.4. The van der Waals surface area contributed by atoms with Crippen molar-refractivity contribution < 1.29 is 4.39 Å². The first-order chi connectivity index (χ1) is 10.2. The highest BCUT2D eigenvalue weighted by molar-refractivity contribution is 7.16. The fraction of sp³-hybridized carbons (Fsp3) is 0.250. The van der Waals surface area contributed by atoms with Gasteiger partial charge in [0, 0.05) is 5.56 Å². The highest BCUT2D eigenvalue weighted by atomic mass is 32.1. The van der Waals surface area contributed by atoms with Gasteiger partial charge in [0.05, 0.1) is 23.2 Å². The SMILES string of the molecule is Cc1ccc(-c2nc3c(s2)C=CCC3)cc1F.N#CCN. The molecule has 0 spiro atoms. The molecule has 108 valence electrons. The zero-order valence-electron chi connectivity index (χ0n) is 11.8. The molecule has 0 saturated carbocycles. The van der Waals surface area contributed by atoms with E-state index in [9.17, 15) is 4.39 Å². The average molecular weight is 301 g/mol. The van der Waals surface area contributed by atoms with Crippen molar-refractivity contribution in [1.82, 2.24) is 4.98 Å². The minimum Gasteiger partial charge on any atom is -0.318 e. The number of rotatable bonds is 1. The quantitative estimate of drug-likeness (QED) is 0.817. The van der Waals surface area contributed by atoms with Gasteiger partial charge in [-0.3, -0.25) is 0 Å². The van der Waals surface area contributed by atoms with E-state index in [1.165, 1.54) is 4.88 Å². The molecule has 21 heavy (non-hydrogen) atoms. The Balaban J connectivity index is 0.000000361. The van der Waals surface area contributed by atoms with Crippen LogP contribution in [0, 0.1) is 24.1 Å². The van der Waals surface area contributed by atoms with Gasteiger partial charge in [0.2, 0.25) is 0 Å². The summed E-state index contributed by atoms with van der Waals surface area (Å²) >= 11 is 1.64. The Morgan fingerprint density at radius 1 is 1.48 bits per heavy atom. The molecule has 0 aliphatic heterocycles. The normalized spacial score (nSPS) is 12.1. The van der Waals surface area contributed by atoms with Crippen LogP contribution in [-0.4, -0.2) is 11.5 Å². The van der Waals surface area contributed by atoms with Crippen molar-refractivity contribution in [3.63, 3.8) is 0 Å². The topological polar surface area (TPSA) is 62.7 Å². The van der Waals surface area contributed by atoms with Crippen LogP contribution < -0.4 is 5.73 Å². The number of nitrogens with two attached hydrogens (primary N) is 1. The van der Waals surface area contributed by atoms with Crippen molar-refractivity contribution in [3.8, 4) is 16.6 Å². The molecule has 2 aromatic rings. The Morgan fingerprint density at radius 2 is 2.24 bits per heavy atom. The van der Waals surface area contributed by atoms with Gasteiger partial charge in [-0.15, -0.1) is 11.3 Å². The second-order valence-electron chi connectivity index (χ2n) is 4.60. The van der Waals surface area contributed by atoms with Crippen molar-refractivity contribution in [2.75, 3.05) is 6.54 Å². The molecule has 0 unspecified atom stereocenters. The van der Waals surface area contributed by atoms with Crippen molar-refractivity contribution in [2.24, 2.45) is 5.73 Å². The van der Waals surface area contributed by atoms with Gasteiger partial charge in [0.25, 0.3) is 0 Å². The summed E-state index contributed by atoms with van der Waals surface area (Å²) in [5, 5.41) is 8.42. The number of aryl methyl sites for hydroxylation is 2. The third-order valence-electron chi connectivity index (χ3n) is 3.05. The number of thiazole rings is 1. The average Bonchev–Trinajstić information content (AvgIpc) is 2.94. The predicted molar refractivity (Wildman–Crippen MR) is 84.3 cm³/mol. The molecule has 0 atom stereocenters. The molecular formula is C16H16FN3S. The van der Waals surface area contributed by atoms with Gasteiger partial charge in [-0.25, -0.2) is 9.37 Å². The largest absolute Gasteiger partial charge is 0.318 e. The summed E-state index contributed by atoms with van der Waals surface area (Å²) in [7, 11) is 0. The van der Waals surface area contributed by atoms with Gasteiger partial charge < -0.3 is 5.73 Å². The zero-order chi connectivity index (χ0) is 15.2. The van der Waals surface area contributed by atoms with E-state index in [1.807, 2.05) is 6.07 Å². The maximum Gasteiger partial charge on any atom is 0.126 e. The smallest absolute Gasteiger partial charge is 0.126 e. The van der Waals surface area contributed by atoms with Gasteiger partial charge in [0.15, 0.2) is 0 Å². The number of benzene rings is 1. The molecule has 3 nitrogen and oxygen atoms in total. The lowest BCUT2D eigenvalue weighted by molar-refractivity contribution is 0.619. The summed E-state index contributed by atoms with van der Waals surface area (Å²) in [6.07, 6.45) is 6.33. The third-order valence-corrected chi connectivity index (χ3v) is 4.17. The number of allylic oxidation sites excluding steroid dienone is 1. The van der Waals surface area contributed by atoms with Crippen LogP contribution in [0.5, 0.6) is 0 Å². The molecule has 1 aromatic heterocycles. The van der Waals surface area contributed by atoms with Crippen LogP contribution in [-0.2, 0) is 6.42 Å². The maximum atomic E-state index is 13.5. The lowest BCUT2D eigenvalue weighted by atomic mass is 10.1. The predicted octanol–water partition coefficient (Wildman–Crippen LogP) is 3.69. The van der Waals surface area contributed by atoms with Crippen molar-refractivity contribution >= 4 is 17.4 Å². The summed E-state index contributed by atoms with van der Waals surface area (Å²) in [5.41, 5.74) is 7.37. The zero-order valence-corrected chi connectivity index (χ0v) is 12.6. The number of hydrogen-bond donors (Lipinski definition) is 1. The van der Waals surface area contributed by atoms with Crippen molar-refractivity contribution in [2.45, 2.75) is 19.8 Å². The van der Waals surface area contributed by atoms with Crippen molar-refractivity contribution in [3.05, 3.63) is 46.2 Å². The van der Waals surface area contributed by atoms with Crippen LogP contribution in [0.15, 0.2) is 24.3 Å². The van der Waals surface area contributed by atoms with Crippen LogP contribution in [0.3, 0.4) is 0 Å². The van der Waals surface area contributed by atoms with E-state index in [0.717, 1.165) is 29.1 Å². The Morgan fingerprint density at radius 3 is 2.86 bits per heavy atom. The molecule has 0 fully saturated rings. The van der Waals surface area contributed by atoms with Gasteiger partial charge in [0.1, 0.15) is 10.8 Å². The van der Waals surface area contributed by atoms with Crippen molar-refractivity contribution in [1.29, 1.82) is 5.26 Å². The van der Waals surface area contributed by atoms with Crippen LogP contribution in [0.4, 0.5) is 4.39 Å². The molecule has 1 aromatic carbocycles. The molecule has 2 N–H and O–H groups in total. The van der Waals surface area contributed by atoms with E-state index < -0.39 is 0 Å². The van der Waals surface area contributed by atoms with Gasteiger partial charge in [-0.1, -0.05) is 18.2 Å². The van der Waals surface area contributed by atoms with E-state index in [1.54, 1.807) is 36.5 Å². The number of fused-ring (bicyclic) bond motifs is 1. The molecule has 0 amide bonds. The molecule has 0 bridgehead atoms. The Labute approximate surface area is 127 Å². The van der Waals surface area contributed by atoms with E-state index in [0.29, 0.717) is 5.56 Å². The number of nitriles is 1. The lowest BCUT2D eigenvalue weighted by Crippen LogP contribution is -1.91. The molecular weight excluding hydrogens is 285 g/mol. The van der Waals surface area contributed by atoms with E-state index >= 15 is 0 Å². The van der Waals surface area contributed by atoms with Crippen LogP contribution in [0.25, 0.3) is 16.6 Å². The first-order valence-corrected chi connectivity index (χ1v) is 7.47. The van der Waals surface area contributed by atoms with E-state index in [-0.39, 0.29) is 12.4 Å². The second kappa shape index (κ2) is 7.11. The molecule has 1 aliphatic carbocycles. The van der Waals surface area contributed by atoms with Crippen LogP contribution in [0.1, 0.15) is 22.6 Å². The Bertz CT molecular complexity index is 698. The minimum absolute atomic E-state index is 0.125. The molecule has 1 heterocycles. The standard InChI is InChI=1S/C14H12FNS.C2H4N2/c1-9-6-7-10(8-11(9)15)14-16-12-4-2-3-5-13(12)17-14;3-1-2-4/h3,5-8H,2,4H2,1H3;1,3H2. The van der Waals surface area contributed by atoms with Gasteiger partial charge in [-0.05, 0) is 37.5 Å². The Hall–Kier alpha value is -2.03. The monoisotopic (exact) mass is 301 g/mol. The molecule has 3 rings (SSSR count). The highest BCUT2D eigenvalue weighted by Crippen LogP contribution is 2.32. The van der Waals surface area contributed by atoms with Gasteiger partial charge >= 0.3 is 0 Å². The summed E-state index contributed by atoms with van der Waals surface area (Å²) in [6, 6.07) is 7.02. The minimum atomic E-state index is -0.161. The summed E-state index contributed by atoms with van der Waals surface area (Å²) in [6.45, 7) is 1.90. The first-order valence-electron chi connectivity index (χ1n) is 6.65. The number of nitrogens with zero attached hydrogens (tertiary/aromatic N) is 2. The van der Waals surface area contributed by atoms with Crippen LogP contribution >= 0.6 is 11.3 Å². The summed E-state index contributed by atoms with van der Waals surface area (Å²) in [4.78, 5) is 5.81. The fourth-order valence-corrected chi connectivity index (χ4v) is 2.97. The molecule has 0 saturated heterocycles. The highest BCUT2D eigenvalue weighted by Gasteiger charge is 2.13. The number of halogens is 1. The molecule has 0 radical (unpaired) electrons. The number of hydrogen-bond acceptors (Lipinski definition) is 4. The lowest BCUT2D eigenvalue weighted by Gasteiger charge is -2.00. The summed E-state index contributed by atoms with van der Waals surface area (Å²) < 4.78 is 13.5. The molecule has 1 aliphatic rings. The van der Waals surface area contributed by atoms with E-state index in [2.05, 4.69) is 22.9 Å².